The molecule has 3 aromatic rings. The van der Waals surface area contributed by atoms with Gasteiger partial charge in [-0.1, -0.05) is 98.7 Å². The fourth-order valence-electron chi connectivity index (χ4n) is 6.69. The molecule has 0 bridgehead atoms. The Labute approximate surface area is 359 Å². The monoisotopic (exact) mass is 861 g/mol. The van der Waals surface area contributed by atoms with E-state index in [1.54, 1.807) is 42.5 Å². The zero-order valence-electron chi connectivity index (χ0n) is 36.0. The number of rotatable bonds is 20. The van der Waals surface area contributed by atoms with E-state index in [1.165, 1.54) is 14.0 Å². The number of para-hydroxylation sites is 2. The number of benzene rings is 3. The van der Waals surface area contributed by atoms with E-state index in [0.717, 1.165) is 5.56 Å². The summed E-state index contributed by atoms with van der Waals surface area (Å²) in [6.45, 7) is 15.6. The van der Waals surface area contributed by atoms with Crippen molar-refractivity contribution in [3.63, 3.8) is 0 Å². The van der Waals surface area contributed by atoms with E-state index in [4.69, 9.17) is 47.1 Å². The van der Waals surface area contributed by atoms with E-state index in [0.29, 0.717) is 24.3 Å². The molecule has 0 amide bonds. The van der Waals surface area contributed by atoms with E-state index in [1.807, 2.05) is 54.6 Å². The molecule has 2 aliphatic heterocycles. The lowest BCUT2D eigenvalue weighted by atomic mass is 9.95. The molecule has 0 saturated carbocycles. The predicted octanol–water partition coefficient (Wildman–Crippen LogP) is 8.09. The first-order valence-corrected chi connectivity index (χ1v) is 23.4. The minimum atomic E-state index is -2.63. The van der Waals surface area contributed by atoms with Crippen molar-refractivity contribution in [2.45, 2.75) is 127 Å². The summed E-state index contributed by atoms with van der Waals surface area (Å²) >= 11 is 0. The van der Waals surface area contributed by atoms with Crippen molar-refractivity contribution in [1.82, 2.24) is 0 Å². The Morgan fingerprint density at radius 3 is 2.00 bits per heavy atom. The summed E-state index contributed by atoms with van der Waals surface area (Å²) in [4.78, 5) is 29.4. The average molecular weight is 862 g/mol. The maximum Gasteiger partial charge on any atom is 0.338 e. The van der Waals surface area contributed by atoms with Crippen LogP contribution in [0.15, 0.2) is 109 Å². The van der Waals surface area contributed by atoms with Gasteiger partial charge in [0.05, 0.1) is 26.4 Å². The van der Waals surface area contributed by atoms with E-state index in [2.05, 4.69) is 50.5 Å². The highest BCUT2D eigenvalue weighted by Gasteiger charge is 2.58. The maximum absolute atomic E-state index is 13.9. The van der Waals surface area contributed by atoms with Crippen LogP contribution in [0.1, 0.15) is 46.1 Å². The van der Waals surface area contributed by atoms with Gasteiger partial charge in [-0.15, -0.1) is 6.58 Å². The summed E-state index contributed by atoms with van der Waals surface area (Å²) in [6, 6.07) is 26.3. The smallest absolute Gasteiger partial charge is 0.338 e. The van der Waals surface area contributed by atoms with Gasteiger partial charge >= 0.3 is 11.9 Å². The van der Waals surface area contributed by atoms with Gasteiger partial charge in [-0.25, -0.2) is 4.79 Å². The topological polar surface area (TPSA) is 175 Å². The molecule has 16 heteroatoms. The van der Waals surface area contributed by atoms with Crippen molar-refractivity contribution in [3.8, 4) is 11.5 Å². The molecule has 2 saturated heterocycles. The van der Waals surface area contributed by atoms with Crippen LogP contribution in [-0.2, 0) is 53.8 Å². The third-order valence-corrected chi connectivity index (χ3v) is 15.3. The standard InChI is InChI=1S/C45H59N3O12Si/c1-9-10-20-27-52-44-41(56-33-25-18-13-19-26-33)39(55-32-23-16-12-17-24-32)38(40(59-44)42(50)51-6)58-43-35(47-48-46)37(54-28-31-21-14-11-15-22-31)36(34(57-43)29-53-30(2)49)60-61(7,8)45(3,4)5/h9,11-19,21-26,34-41,43-44H,1,10,20,27-29H2,2-8H3/t34-,35-,36-,37-,38+,39+,40+,41-,43+,44-/m1/s1. The van der Waals surface area contributed by atoms with Crippen LogP contribution in [0.25, 0.3) is 10.4 Å². The first-order valence-electron chi connectivity index (χ1n) is 20.5. The number of azide groups is 1. The van der Waals surface area contributed by atoms with Crippen LogP contribution in [0, 0.1) is 0 Å². The van der Waals surface area contributed by atoms with E-state index in [-0.39, 0.29) is 24.9 Å². The van der Waals surface area contributed by atoms with Gasteiger partial charge < -0.3 is 47.1 Å². The van der Waals surface area contributed by atoms with Gasteiger partial charge in [-0.2, -0.15) is 0 Å². The second-order valence-electron chi connectivity index (χ2n) is 16.3. The summed E-state index contributed by atoms with van der Waals surface area (Å²) in [5.74, 6) is -0.452. The summed E-state index contributed by atoms with van der Waals surface area (Å²) in [7, 11) is -1.40. The highest BCUT2D eigenvalue weighted by Crippen LogP contribution is 2.42. The van der Waals surface area contributed by atoms with Crippen LogP contribution in [0.3, 0.4) is 0 Å². The van der Waals surface area contributed by atoms with Crippen molar-refractivity contribution in [1.29, 1.82) is 0 Å². The fraction of sp³-hybridized carbons (Fsp3) is 0.511. The first-order chi connectivity index (χ1) is 29.3. The Morgan fingerprint density at radius 1 is 0.836 bits per heavy atom. The molecule has 10 atom stereocenters. The Kier molecular flexibility index (Phi) is 17.3. The Balaban J connectivity index is 1.64. The molecule has 3 aromatic carbocycles. The molecule has 2 aliphatic rings. The number of carbonyl (C=O) groups is 2. The zero-order valence-corrected chi connectivity index (χ0v) is 37.0. The van der Waals surface area contributed by atoms with Crippen molar-refractivity contribution in [2.24, 2.45) is 5.11 Å². The number of allylic oxidation sites excluding steroid dienone is 1. The lowest BCUT2D eigenvalue weighted by Crippen LogP contribution is -2.68. The molecule has 0 radical (unpaired) electrons. The molecule has 15 nitrogen and oxygen atoms in total. The summed E-state index contributed by atoms with van der Waals surface area (Å²) < 4.78 is 64.3. The number of carbonyl (C=O) groups excluding carboxylic acids is 2. The van der Waals surface area contributed by atoms with Crippen LogP contribution in [0.5, 0.6) is 11.5 Å². The quantitative estimate of drug-likeness (QED) is 0.0203. The number of ether oxygens (including phenoxy) is 9. The highest BCUT2D eigenvalue weighted by atomic mass is 28.4. The summed E-state index contributed by atoms with van der Waals surface area (Å²) in [5.41, 5.74) is 11.0. The lowest BCUT2D eigenvalue weighted by molar-refractivity contribution is -0.335. The molecule has 0 unspecified atom stereocenters. The number of hydrogen-bond donors (Lipinski definition) is 0. The summed E-state index contributed by atoms with van der Waals surface area (Å²) in [5, 5.41) is 3.96. The average Bonchev–Trinajstić information content (AvgIpc) is 3.24. The lowest BCUT2D eigenvalue weighted by Gasteiger charge is -2.51. The van der Waals surface area contributed by atoms with Gasteiger partial charge in [-0.05, 0) is 66.3 Å². The molecule has 5 rings (SSSR count). The zero-order chi connectivity index (χ0) is 44.0. The third-order valence-electron chi connectivity index (χ3n) is 10.9. The van der Waals surface area contributed by atoms with Crippen LogP contribution >= 0.6 is 0 Å². The molecule has 0 spiro atoms. The number of esters is 2. The number of nitrogens with zero attached hydrogens (tertiary/aromatic N) is 3. The Morgan fingerprint density at radius 2 is 1.44 bits per heavy atom. The first kappa shape index (κ1) is 47.3. The predicted molar refractivity (Wildman–Crippen MR) is 228 cm³/mol. The molecule has 0 aliphatic carbocycles. The molecular weight excluding hydrogens is 803 g/mol. The minimum absolute atomic E-state index is 0.0995. The molecular formula is C45H59N3O12Si. The molecule has 330 valence electrons. The second-order valence-corrected chi connectivity index (χ2v) is 21.0. The maximum atomic E-state index is 13.9. The van der Waals surface area contributed by atoms with Crippen molar-refractivity contribution < 1.29 is 56.6 Å². The van der Waals surface area contributed by atoms with Crippen LogP contribution in [0.4, 0.5) is 0 Å². The van der Waals surface area contributed by atoms with Gasteiger partial charge in [0.25, 0.3) is 0 Å². The van der Waals surface area contributed by atoms with Gasteiger partial charge in [-0.3, -0.25) is 4.79 Å². The minimum Gasteiger partial charge on any atom is -0.483 e. The molecule has 0 N–H and O–H groups in total. The Hall–Kier alpha value is -4.77. The van der Waals surface area contributed by atoms with Gasteiger partial charge in [0.2, 0.25) is 0 Å². The SMILES string of the molecule is C=CCCCO[C@@H]1O[C@H](C(=O)OC)[C@@H](O[C@@H]2O[C@H](COC(C)=O)[C@@H](O[Si](C)(C)C(C)(C)C)[C@H](OCc3ccccc3)[C@H]2N=[N+]=[N-])[C@H](Oc2ccccc2)[C@H]1Oc1ccccc1. The van der Waals surface area contributed by atoms with Crippen LogP contribution in [-0.4, -0.2) is 102 Å². The van der Waals surface area contributed by atoms with Crippen molar-refractivity contribution in [2.75, 3.05) is 20.3 Å². The molecule has 0 aromatic heterocycles. The second kappa shape index (κ2) is 22.4. The fourth-order valence-corrected chi connectivity index (χ4v) is 8.01. The normalized spacial score (nSPS) is 26.6. The number of unbranched alkanes of at least 4 members (excludes halogenated alkanes) is 1. The van der Waals surface area contributed by atoms with Gasteiger partial charge in [0, 0.05) is 11.8 Å². The van der Waals surface area contributed by atoms with E-state index < -0.39 is 81.6 Å². The Bertz CT molecular complexity index is 1880. The third kappa shape index (κ3) is 12.9. The van der Waals surface area contributed by atoms with Crippen molar-refractivity contribution in [3.05, 3.63) is 120 Å². The largest absolute Gasteiger partial charge is 0.483 e. The molecule has 61 heavy (non-hydrogen) atoms. The van der Waals surface area contributed by atoms with Crippen LogP contribution in [0.2, 0.25) is 18.1 Å². The summed E-state index contributed by atoms with van der Waals surface area (Å²) in [6.07, 6.45) is -7.53. The van der Waals surface area contributed by atoms with Gasteiger partial charge in [0.15, 0.2) is 39.2 Å². The van der Waals surface area contributed by atoms with Gasteiger partial charge in [0.1, 0.15) is 42.5 Å². The molecule has 2 heterocycles. The number of methoxy groups -OCH3 is 1. The van der Waals surface area contributed by atoms with Crippen LogP contribution < -0.4 is 9.47 Å². The number of hydrogen-bond acceptors (Lipinski definition) is 13. The van der Waals surface area contributed by atoms with E-state index >= 15 is 0 Å². The van der Waals surface area contributed by atoms with Crippen molar-refractivity contribution >= 4 is 20.3 Å². The van der Waals surface area contributed by atoms with E-state index in [9.17, 15) is 15.1 Å². The highest BCUT2D eigenvalue weighted by molar-refractivity contribution is 6.74. The molecule has 2 fully saturated rings.